The summed E-state index contributed by atoms with van der Waals surface area (Å²) in [4.78, 5) is 18.7. The van der Waals surface area contributed by atoms with Crippen LogP contribution >= 0.6 is 0 Å². The minimum atomic E-state index is 0.0282. The van der Waals surface area contributed by atoms with Gasteiger partial charge in [-0.15, -0.1) is 0 Å². The van der Waals surface area contributed by atoms with Crippen molar-refractivity contribution in [3.63, 3.8) is 0 Å². The monoisotopic (exact) mass is 259 g/mol. The van der Waals surface area contributed by atoms with Crippen molar-refractivity contribution in [3.8, 4) is 0 Å². The van der Waals surface area contributed by atoms with E-state index in [1.165, 1.54) is 25.7 Å². The van der Waals surface area contributed by atoms with Crippen molar-refractivity contribution < 1.29 is 4.79 Å². The average molecular weight is 259 g/mol. The van der Waals surface area contributed by atoms with Crippen LogP contribution in [-0.2, 0) is 0 Å². The molecular weight excluding hydrogens is 238 g/mol. The molecule has 1 aromatic heterocycles. The smallest absolute Gasteiger partial charge is 0.253 e. The van der Waals surface area contributed by atoms with Gasteiger partial charge in [-0.2, -0.15) is 0 Å². The van der Waals surface area contributed by atoms with Crippen LogP contribution < -0.4 is 10.2 Å². The van der Waals surface area contributed by atoms with Gasteiger partial charge in [0.2, 0.25) is 0 Å². The molecule has 0 radical (unpaired) electrons. The summed E-state index contributed by atoms with van der Waals surface area (Å²) in [5.74, 6) is 0.0282. The largest absolute Gasteiger partial charge is 0.370 e. The summed E-state index contributed by atoms with van der Waals surface area (Å²) in [7, 11) is 0. The molecule has 3 rings (SSSR count). The number of anilines is 1. The number of carbonyl (C=O) groups is 1. The highest BCUT2D eigenvalue weighted by molar-refractivity contribution is 5.95. The van der Waals surface area contributed by atoms with Gasteiger partial charge in [-0.1, -0.05) is 12.8 Å². The molecule has 1 aromatic rings. The van der Waals surface area contributed by atoms with E-state index in [9.17, 15) is 4.79 Å². The zero-order valence-corrected chi connectivity index (χ0v) is 11.3. The van der Waals surface area contributed by atoms with Crippen LogP contribution in [0, 0.1) is 0 Å². The Morgan fingerprint density at radius 3 is 2.63 bits per heavy atom. The number of amides is 1. The van der Waals surface area contributed by atoms with Crippen molar-refractivity contribution in [2.75, 3.05) is 18.0 Å². The van der Waals surface area contributed by atoms with E-state index in [1.54, 1.807) is 6.20 Å². The number of pyridine rings is 1. The Morgan fingerprint density at radius 1 is 1.16 bits per heavy atom. The van der Waals surface area contributed by atoms with Gasteiger partial charge in [0.1, 0.15) is 0 Å². The quantitative estimate of drug-likeness (QED) is 0.906. The number of nitrogens with one attached hydrogen (secondary N) is 1. The van der Waals surface area contributed by atoms with Crippen molar-refractivity contribution in [1.82, 2.24) is 10.3 Å². The normalized spacial score (nSPS) is 19.9. The summed E-state index contributed by atoms with van der Waals surface area (Å²) in [6.07, 6.45) is 10.7. The van der Waals surface area contributed by atoms with Crippen LogP contribution in [0.15, 0.2) is 18.5 Å². The fraction of sp³-hybridized carbons (Fsp3) is 0.600. The predicted octanol–water partition coefficient (Wildman–Crippen LogP) is 2.35. The lowest BCUT2D eigenvalue weighted by molar-refractivity contribution is 0.0937. The molecule has 1 amide bonds. The van der Waals surface area contributed by atoms with Crippen molar-refractivity contribution in [1.29, 1.82) is 0 Å². The molecule has 102 valence electrons. The first-order valence-electron chi connectivity index (χ1n) is 7.34. The predicted molar refractivity (Wildman–Crippen MR) is 75.4 cm³/mol. The molecule has 0 unspecified atom stereocenters. The molecule has 0 spiro atoms. The van der Waals surface area contributed by atoms with E-state index in [4.69, 9.17) is 0 Å². The van der Waals surface area contributed by atoms with Crippen LogP contribution in [-0.4, -0.2) is 30.0 Å². The molecule has 0 bridgehead atoms. The molecule has 1 saturated heterocycles. The van der Waals surface area contributed by atoms with E-state index in [0.717, 1.165) is 31.6 Å². The molecule has 1 saturated carbocycles. The van der Waals surface area contributed by atoms with Crippen LogP contribution in [0.3, 0.4) is 0 Å². The van der Waals surface area contributed by atoms with E-state index >= 15 is 0 Å². The fourth-order valence-electron chi connectivity index (χ4n) is 3.04. The van der Waals surface area contributed by atoms with Gasteiger partial charge >= 0.3 is 0 Å². The Balaban J connectivity index is 1.69. The lowest BCUT2D eigenvalue weighted by Crippen LogP contribution is -2.32. The zero-order valence-electron chi connectivity index (χ0n) is 11.3. The second-order valence-electron chi connectivity index (χ2n) is 5.58. The van der Waals surface area contributed by atoms with Crippen LogP contribution in [0.4, 0.5) is 5.69 Å². The van der Waals surface area contributed by atoms with Crippen molar-refractivity contribution in [3.05, 3.63) is 24.0 Å². The first kappa shape index (κ1) is 12.5. The Hall–Kier alpha value is -1.58. The average Bonchev–Trinajstić information content (AvgIpc) is 3.12. The highest BCUT2D eigenvalue weighted by Crippen LogP contribution is 2.21. The Morgan fingerprint density at radius 2 is 1.89 bits per heavy atom. The van der Waals surface area contributed by atoms with E-state index in [0.29, 0.717) is 11.6 Å². The van der Waals surface area contributed by atoms with Gasteiger partial charge in [0.15, 0.2) is 0 Å². The molecular formula is C15H21N3O. The first-order chi connectivity index (χ1) is 9.33. The second kappa shape index (κ2) is 5.59. The SMILES string of the molecule is O=C(NC1CCCC1)c1cncc(N2CCCC2)c1. The van der Waals surface area contributed by atoms with E-state index in [2.05, 4.69) is 15.2 Å². The maximum Gasteiger partial charge on any atom is 0.253 e. The molecule has 1 aliphatic carbocycles. The standard InChI is InChI=1S/C15H21N3O/c19-15(17-13-5-1-2-6-13)12-9-14(11-16-10-12)18-7-3-4-8-18/h9-11,13H,1-8H2,(H,17,19). The molecule has 2 heterocycles. The third-order valence-electron chi connectivity index (χ3n) is 4.15. The lowest BCUT2D eigenvalue weighted by Gasteiger charge is -2.18. The summed E-state index contributed by atoms with van der Waals surface area (Å²) in [6.45, 7) is 2.16. The van der Waals surface area contributed by atoms with Gasteiger partial charge in [0.25, 0.3) is 5.91 Å². The van der Waals surface area contributed by atoms with Gasteiger partial charge < -0.3 is 10.2 Å². The molecule has 4 heteroatoms. The molecule has 19 heavy (non-hydrogen) atoms. The lowest BCUT2D eigenvalue weighted by atomic mass is 10.2. The second-order valence-corrected chi connectivity index (χ2v) is 5.58. The van der Waals surface area contributed by atoms with Gasteiger partial charge in [-0.25, -0.2) is 0 Å². The maximum atomic E-state index is 12.2. The summed E-state index contributed by atoms with van der Waals surface area (Å²) < 4.78 is 0. The molecule has 2 fully saturated rings. The number of rotatable bonds is 3. The number of nitrogens with zero attached hydrogens (tertiary/aromatic N) is 2. The van der Waals surface area contributed by atoms with Crippen LogP contribution in [0.1, 0.15) is 48.9 Å². The Bertz CT molecular complexity index is 448. The summed E-state index contributed by atoms with van der Waals surface area (Å²) in [5, 5.41) is 3.12. The third kappa shape index (κ3) is 2.88. The molecule has 0 aromatic carbocycles. The number of aromatic nitrogens is 1. The van der Waals surface area contributed by atoms with Crippen molar-refractivity contribution >= 4 is 11.6 Å². The van der Waals surface area contributed by atoms with E-state index in [1.807, 2.05) is 12.3 Å². The van der Waals surface area contributed by atoms with Crippen LogP contribution in [0.25, 0.3) is 0 Å². The molecule has 2 aliphatic rings. The third-order valence-corrected chi connectivity index (χ3v) is 4.15. The summed E-state index contributed by atoms with van der Waals surface area (Å²) in [6, 6.07) is 2.34. The van der Waals surface area contributed by atoms with Crippen molar-refractivity contribution in [2.24, 2.45) is 0 Å². The maximum absolute atomic E-state index is 12.2. The van der Waals surface area contributed by atoms with Gasteiger partial charge in [0, 0.05) is 25.3 Å². The highest BCUT2D eigenvalue weighted by atomic mass is 16.1. The van der Waals surface area contributed by atoms with Crippen LogP contribution in [0.2, 0.25) is 0 Å². The van der Waals surface area contributed by atoms with E-state index in [-0.39, 0.29) is 5.91 Å². The van der Waals surface area contributed by atoms with E-state index < -0.39 is 0 Å². The molecule has 0 atom stereocenters. The number of hydrogen-bond acceptors (Lipinski definition) is 3. The van der Waals surface area contributed by atoms with Gasteiger partial charge in [-0.3, -0.25) is 9.78 Å². The highest BCUT2D eigenvalue weighted by Gasteiger charge is 2.19. The zero-order chi connectivity index (χ0) is 13.1. The minimum absolute atomic E-state index is 0.0282. The Kier molecular flexibility index (Phi) is 3.67. The van der Waals surface area contributed by atoms with Gasteiger partial charge in [-0.05, 0) is 31.7 Å². The van der Waals surface area contributed by atoms with Crippen molar-refractivity contribution in [2.45, 2.75) is 44.6 Å². The van der Waals surface area contributed by atoms with Crippen LogP contribution in [0.5, 0.6) is 0 Å². The fourth-order valence-corrected chi connectivity index (χ4v) is 3.04. The topological polar surface area (TPSA) is 45.2 Å². The number of hydrogen-bond donors (Lipinski definition) is 1. The van der Waals surface area contributed by atoms with Gasteiger partial charge in [0.05, 0.1) is 17.4 Å². The number of carbonyl (C=O) groups excluding carboxylic acids is 1. The molecule has 4 nitrogen and oxygen atoms in total. The molecule has 1 aliphatic heterocycles. The Labute approximate surface area is 114 Å². The first-order valence-corrected chi connectivity index (χ1v) is 7.34. The summed E-state index contributed by atoms with van der Waals surface area (Å²) >= 11 is 0. The minimum Gasteiger partial charge on any atom is -0.370 e. The summed E-state index contributed by atoms with van der Waals surface area (Å²) in [5.41, 5.74) is 1.77. The molecule has 1 N–H and O–H groups in total.